The van der Waals surface area contributed by atoms with Crippen LogP contribution in [0.4, 0.5) is 10.1 Å². The number of benzene rings is 3. The van der Waals surface area contributed by atoms with E-state index in [1.807, 2.05) is 13.8 Å². The first-order valence-corrected chi connectivity index (χ1v) is 10.8. The number of Topliss-reactive ketones (excluding diaryl/α,β-unsaturated/α-hetero) is 1. The van der Waals surface area contributed by atoms with Gasteiger partial charge in [-0.05, 0) is 67.9 Å². The Morgan fingerprint density at radius 1 is 0.971 bits per heavy atom. The molecule has 0 radical (unpaired) electrons. The van der Waals surface area contributed by atoms with E-state index < -0.39 is 23.5 Å². The molecule has 7 heteroatoms. The van der Waals surface area contributed by atoms with Crippen LogP contribution in [-0.2, 0) is 9.59 Å². The summed E-state index contributed by atoms with van der Waals surface area (Å²) in [7, 11) is 1.53. The number of rotatable bonds is 6. The fourth-order valence-electron chi connectivity index (χ4n) is 3.95. The summed E-state index contributed by atoms with van der Waals surface area (Å²) in [6.07, 6.45) is -0.0826. The van der Waals surface area contributed by atoms with E-state index >= 15 is 0 Å². The molecule has 1 fully saturated rings. The number of aliphatic hydroxyl groups excluding tert-OH is 1. The van der Waals surface area contributed by atoms with Crippen molar-refractivity contribution in [2.24, 2.45) is 0 Å². The predicted octanol–water partition coefficient (Wildman–Crippen LogP) is 5.25. The topological polar surface area (TPSA) is 76.1 Å². The molecule has 6 nitrogen and oxygen atoms in total. The maximum atomic E-state index is 13.6. The highest BCUT2D eigenvalue weighted by molar-refractivity contribution is 6.51. The van der Waals surface area contributed by atoms with Gasteiger partial charge in [0.05, 0.1) is 24.8 Å². The summed E-state index contributed by atoms with van der Waals surface area (Å²) in [5.41, 5.74) is 1.19. The Morgan fingerprint density at radius 3 is 2.26 bits per heavy atom. The van der Waals surface area contributed by atoms with Crippen LogP contribution in [0.5, 0.6) is 11.5 Å². The number of ketones is 1. The molecular weight excluding hydrogens is 437 g/mol. The Hall–Kier alpha value is -4.13. The summed E-state index contributed by atoms with van der Waals surface area (Å²) < 4.78 is 24.5. The van der Waals surface area contributed by atoms with Crippen LogP contribution in [0.1, 0.15) is 31.0 Å². The van der Waals surface area contributed by atoms with E-state index in [9.17, 15) is 19.1 Å². The number of halogens is 1. The first-order chi connectivity index (χ1) is 16.3. The molecule has 1 N–H and O–H groups in total. The molecule has 0 saturated carbocycles. The maximum absolute atomic E-state index is 13.6. The third-order valence-electron chi connectivity index (χ3n) is 5.46. The van der Waals surface area contributed by atoms with Crippen molar-refractivity contribution < 1.29 is 28.6 Å². The Kier molecular flexibility index (Phi) is 6.36. The van der Waals surface area contributed by atoms with Gasteiger partial charge in [0.2, 0.25) is 0 Å². The van der Waals surface area contributed by atoms with Gasteiger partial charge in [-0.15, -0.1) is 0 Å². The molecule has 1 saturated heterocycles. The van der Waals surface area contributed by atoms with Gasteiger partial charge in [0.1, 0.15) is 23.1 Å². The van der Waals surface area contributed by atoms with Crippen LogP contribution in [0.3, 0.4) is 0 Å². The lowest BCUT2D eigenvalue weighted by atomic mass is 9.95. The monoisotopic (exact) mass is 461 g/mol. The van der Waals surface area contributed by atoms with E-state index in [-0.39, 0.29) is 17.4 Å². The lowest BCUT2D eigenvalue weighted by molar-refractivity contribution is -0.132. The first kappa shape index (κ1) is 23.0. The Labute approximate surface area is 196 Å². The normalized spacial score (nSPS) is 17.3. The number of amides is 1. The molecule has 0 bridgehead atoms. The van der Waals surface area contributed by atoms with Crippen molar-refractivity contribution in [2.45, 2.75) is 26.0 Å². The molecule has 1 atom stereocenters. The van der Waals surface area contributed by atoms with Crippen LogP contribution >= 0.6 is 0 Å². The standard InChI is InChI=1S/C27H24FNO5/c1-16(2)34-22-6-4-5-18(15-22)25(30)23-24(17-7-13-21(33-3)14-8-17)29(27(32)26(23)31)20-11-9-19(28)10-12-20/h4-16,24,30H,1-3H3/b25-23-. The number of aliphatic hydroxyl groups is 1. The molecule has 1 amide bonds. The fourth-order valence-corrected chi connectivity index (χ4v) is 3.95. The quantitative estimate of drug-likeness (QED) is 0.308. The molecule has 1 aliphatic heterocycles. The van der Waals surface area contributed by atoms with Gasteiger partial charge in [-0.25, -0.2) is 4.39 Å². The molecule has 1 aliphatic rings. The van der Waals surface area contributed by atoms with Crippen molar-refractivity contribution in [1.82, 2.24) is 0 Å². The van der Waals surface area contributed by atoms with Crippen LogP contribution in [-0.4, -0.2) is 30.0 Å². The van der Waals surface area contributed by atoms with Crippen molar-refractivity contribution in [3.05, 3.63) is 95.3 Å². The predicted molar refractivity (Wildman–Crippen MR) is 126 cm³/mol. The second-order valence-corrected chi connectivity index (χ2v) is 8.11. The molecule has 3 aromatic rings. The second-order valence-electron chi connectivity index (χ2n) is 8.11. The van der Waals surface area contributed by atoms with Crippen LogP contribution in [0.25, 0.3) is 5.76 Å². The zero-order chi connectivity index (χ0) is 24.4. The van der Waals surface area contributed by atoms with Gasteiger partial charge in [0.15, 0.2) is 0 Å². The van der Waals surface area contributed by atoms with Crippen LogP contribution < -0.4 is 14.4 Å². The number of carbonyl (C=O) groups excluding carboxylic acids is 2. The summed E-state index contributed by atoms with van der Waals surface area (Å²) in [5.74, 6) is -1.32. The molecular formula is C27H24FNO5. The molecule has 0 aromatic heterocycles. The van der Waals surface area contributed by atoms with Crippen molar-refractivity contribution in [3.63, 3.8) is 0 Å². The number of hydrogen-bond donors (Lipinski definition) is 1. The average Bonchev–Trinajstić information content (AvgIpc) is 3.09. The fraction of sp³-hybridized carbons (Fsp3) is 0.185. The van der Waals surface area contributed by atoms with Gasteiger partial charge in [-0.3, -0.25) is 14.5 Å². The van der Waals surface area contributed by atoms with Gasteiger partial charge in [0.25, 0.3) is 11.7 Å². The Bertz CT molecular complexity index is 1250. The SMILES string of the molecule is COc1ccc(C2/C(=C(/O)c3cccc(OC(C)C)c3)C(=O)C(=O)N2c2ccc(F)cc2)cc1. The van der Waals surface area contributed by atoms with E-state index in [4.69, 9.17) is 9.47 Å². The molecule has 0 aliphatic carbocycles. The number of hydrogen-bond acceptors (Lipinski definition) is 5. The number of methoxy groups -OCH3 is 1. The minimum Gasteiger partial charge on any atom is -0.507 e. The van der Waals surface area contributed by atoms with E-state index in [1.165, 1.54) is 36.3 Å². The lowest BCUT2D eigenvalue weighted by Crippen LogP contribution is -2.29. The average molecular weight is 461 g/mol. The van der Waals surface area contributed by atoms with Crippen molar-refractivity contribution >= 4 is 23.1 Å². The smallest absolute Gasteiger partial charge is 0.300 e. The number of carbonyl (C=O) groups is 2. The Morgan fingerprint density at radius 2 is 1.65 bits per heavy atom. The largest absolute Gasteiger partial charge is 0.507 e. The summed E-state index contributed by atoms with van der Waals surface area (Å²) in [6, 6.07) is 17.9. The molecule has 34 heavy (non-hydrogen) atoms. The highest BCUT2D eigenvalue weighted by atomic mass is 19.1. The first-order valence-electron chi connectivity index (χ1n) is 10.8. The number of ether oxygens (including phenoxy) is 2. The minimum absolute atomic E-state index is 0.0683. The molecule has 174 valence electrons. The third-order valence-corrected chi connectivity index (χ3v) is 5.46. The highest BCUT2D eigenvalue weighted by Gasteiger charge is 2.47. The van der Waals surface area contributed by atoms with Gasteiger partial charge in [0, 0.05) is 11.3 Å². The summed E-state index contributed by atoms with van der Waals surface area (Å²) in [6.45, 7) is 3.76. The van der Waals surface area contributed by atoms with Gasteiger partial charge in [-0.2, -0.15) is 0 Å². The molecule has 3 aromatic carbocycles. The van der Waals surface area contributed by atoms with E-state index in [1.54, 1.807) is 48.5 Å². The van der Waals surface area contributed by atoms with E-state index in [0.717, 1.165) is 0 Å². The lowest BCUT2D eigenvalue weighted by Gasteiger charge is -2.25. The van der Waals surface area contributed by atoms with Crippen LogP contribution in [0, 0.1) is 5.82 Å². The van der Waals surface area contributed by atoms with Crippen LogP contribution in [0.15, 0.2) is 78.4 Å². The zero-order valence-corrected chi connectivity index (χ0v) is 19.0. The van der Waals surface area contributed by atoms with E-state index in [0.29, 0.717) is 28.3 Å². The number of nitrogens with zero attached hydrogens (tertiary/aromatic N) is 1. The summed E-state index contributed by atoms with van der Waals surface area (Å²) >= 11 is 0. The van der Waals surface area contributed by atoms with Crippen molar-refractivity contribution in [2.75, 3.05) is 12.0 Å². The van der Waals surface area contributed by atoms with E-state index in [2.05, 4.69) is 0 Å². The number of anilines is 1. The zero-order valence-electron chi connectivity index (χ0n) is 19.0. The Balaban J connectivity index is 1.89. The van der Waals surface area contributed by atoms with Gasteiger partial charge < -0.3 is 14.6 Å². The van der Waals surface area contributed by atoms with Gasteiger partial charge in [-0.1, -0.05) is 24.3 Å². The summed E-state index contributed by atoms with van der Waals surface area (Å²) in [5, 5.41) is 11.2. The molecule has 0 spiro atoms. The van der Waals surface area contributed by atoms with Gasteiger partial charge >= 0.3 is 0 Å². The van der Waals surface area contributed by atoms with Crippen molar-refractivity contribution in [1.29, 1.82) is 0 Å². The minimum atomic E-state index is -0.925. The maximum Gasteiger partial charge on any atom is 0.300 e. The second kappa shape index (κ2) is 9.39. The highest BCUT2D eigenvalue weighted by Crippen LogP contribution is 2.42. The molecule has 1 unspecified atom stereocenters. The molecule has 4 rings (SSSR count). The third kappa shape index (κ3) is 4.37. The molecule has 1 heterocycles. The van der Waals surface area contributed by atoms with Crippen molar-refractivity contribution in [3.8, 4) is 11.5 Å². The van der Waals surface area contributed by atoms with Crippen LogP contribution in [0.2, 0.25) is 0 Å². The summed E-state index contributed by atoms with van der Waals surface area (Å²) in [4.78, 5) is 27.6.